The zero-order valence-corrected chi connectivity index (χ0v) is 10.5. The van der Waals surface area contributed by atoms with Gasteiger partial charge in [-0.05, 0) is 19.3 Å². The lowest BCUT2D eigenvalue weighted by Crippen LogP contribution is -2.32. The molecule has 0 spiro atoms. The van der Waals surface area contributed by atoms with E-state index in [1.807, 2.05) is 6.20 Å². The minimum atomic E-state index is 0.618. The van der Waals surface area contributed by atoms with Crippen molar-refractivity contribution < 1.29 is 4.42 Å². The molecule has 17 heavy (non-hydrogen) atoms. The van der Waals surface area contributed by atoms with Crippen molar-refractivity contribution in [2.45, 2.75) is 51.2 Å². The average Bonchev–Trinajstić information content (AvgIpc) is 2.93. The van der Waals surface area contributed by atoms with E-state index in [0.717, 1.165) is 30.7 Å². The topological polar surface area (TPSA) is 41.3 Å². The first-order valence-corrected chi connectivity index (χ1v) is 6.76. The first-order valence-electron chi connectivity index (χ1n) is 6.76. The molecular weight excluding hydrogens is 214 g/mol. The molecular formula is C13H21N3O. The maximum absolute atomic E-state index is 5.59. The molecule has 1 saturated carbocycles. The van der Waals surface area contributed by atoms with Crippen LogP contribution in [0.4, 0.5) is 0 Å². The summed E-state index contributed by atoms with van der Waals surface area (Å²) in [7, 11) is 0. The number of nitrogens with zero attached hydrogens (tertiary/aromatic N) is 2. The van der Waals surface area contributed by atoms with Crippen LogP contribution in [0.25, 0.3) is 0 Å². The number of nitrogens with one attached hydrogen (secondary N) is 1. The fourth-order valence-corrected chi connectivity index (χ4v) is 2.55. The first-order chi connectivity index (χ1) is 8.35. The largest absolute Gasteiger partial charge is 0.444 e. The number of likely N-dealkylation sites (tertiary alicyclic amines) is 1. The first kappa shape index (κ1) is 11.2. The van der Waals surface area contributed by atoms with E-state index in [-0.39, 0.29) is 0 Å². The van der Waals surface area contributed by atoms with Gasteiger partial charge in [0.1, 0.15) is 5.76 Å². The molecule has 0 amide bonds. The van der Waals surface area contributed by atoms with Crippen LogP contribution < -0.4 is 5.32 Å². The van der Waals surface area contributed by atoms with Gasteiger partial charge in [0.25, 0.3) is 0 Å². The maximum atomic E-state index is 5.59. The summed E-state index contributed by atoms with van der Waals surface area (Å²) < 4.78 is 5.59. The molecule has 1 N–H and O–H groups in total. The summed E-state index contributed by atoms with van der Waals surface area (Å²) in [6, 6.07) is 1.52. The van der Waals surface area contributed by atoms with E-state index in [2.05, 4.69) is 22.1 Å². The van der Waals surface area contributed by atoms with Crippen LogP contribution in [0, 0.1) is 0 Å². The second-order valence-corrected chi connectivity index (χ2v) is 5.17. The fraction of sp³-hybridized carbons (Fsp3) is 0.769. The van der Waals surface area contributed by atoms with Gasteiger partial charge in [-0.3, -0.25) is 4.90 Å². The van der Waals surface area contributed by atoms with Crippen LogP contribution in [0.2, 0.25) is 0 Å². The molecule has 94 valence electrons. The summed E-state index contributed by atoms with van der Waals surface area (Å²) in [5, 5.41) is 3.55. The fourth-order valence-electron chi connectivity index (χ4n) is 2.55. The van der Waals surface area contributed by atoms with E-state index in [1.54, 1.807) is 0 Å². The van der Waals surface area contributed by atoms with E-state index in [1.165, 1.54) is 32.4 Å². The number of aryl methyl sites for hydroxylation is 1. The van der Waals surface area contributed by atoms with Crippen LogP contribution in [0.15, 0.2) is 10.6 Å². The molecule has 1 aromatic heterocycles. The molecule has 1 aromatic rings. The van der Waals surface area contributed by atoms with Crippen molar-refractivity contribution >= 4 is 0 Å². The number of aromatic nitrogens is 1. The van der Waals surface area contributed by atoms with Crippen LogP contribution in [0.1, 0.15) is 37.8 Å². The Bertz CT molecular complexity index is 372. The molecule has 0 radical (unpaired) electrons. The van der Waals surface area contributed by atoms with Crippen molar-refractivity contribution in [2.24, 2.45) is 0 Å². The summed E-state index contributed by atoms with van der Waals surface area (Å²) in [6.07, 6.45) is 6.84. The number of hydrogen-bond donors (Lipinski definition) is 1. The highest BCUT2D eigenvalue weighted by Gasteiger charge is 2.34. The van der Waals surface area contributed by atoms with Crippen molar-refractivity contribution in [2.75, 3.05) is 13.1 Å². The maximum Gasteiger partial charge on any atom is 0.208 e. The predicted octanol–water partition coefficient (Wildman–Crippen LogP) is 1.56. The lowest BCUT2D eigenvalue weighted by molar-refractivity contribution is 0.315. The predicted molar refractivity (Wildman–Crippen MR) is 65.7 cm³/mol. The van der Waals surface area contributed by atoms with Crippen molar-refractivity contribution in [3.8, 4) is 0 Å². The van der Waals surface area contributed by atoms with Crippen LogP contribution >= 0.6 is 0 Å². The van der Waals surface area contributed by atoms with E-state index in [9.17, 15) is 0 Å². The molecule has 1 unspecified atom stereocenters. The number of oxazole rings is 1. The second kappa shape index (κ2) is 4.78. The normalized spacial score (nSPS) is 25.6. The minimum Gasteiger partial charge on any atom is -0.444 e. The van der Waals surface area contributed by atoms with E-state index >= 15 is 0 Å². The lowest BCUT2D eigenvalue weighted by Gasteiger charge is -2.14. The van der Waals surface area contributed by atoms with Crippen LogP contribution in [0.5, 0.6) is 0 Å². The molecule has 1 aliphatic carbocycles. The standard InChI is InChI=1S/C13H21N3O/c1-2-12-7-15-13(17-12)8-14-10-5-6-16(9-10)11-3-4-11/h7,10-11,14H,2-6,8-9H2,1H3. The minimum absolute atomic E-state index is 0.618. The van der Waals surface area contributed by atoms with Crippen molar-refractivity contribution in [1.82, 2.24) is 15.2 Å². The lowest BCUT2D eigenvalue weighted by atomic mass is 10.2. The van der Waals surface area contributed by atoms with Gasteiger partial charge in [-0.25, -0.2) is 4.98 Å². The van der Waals surface area contributed by atoms with Gasteiger partial charge in [0, 0.05) is 31.6 Å². The molecule has 2 heterocycles. The highest BCUT2D eigenvalue weighted by molar-refractivity contribution is 4.95. The van der Waals surface area contributed by atoms with Gasteiger partial charge in [-0.1, -0.05) is 6.92 Å². The van der Waals surface area contributed by atoms with Gasteiger partial charge < -0.3 is 9.73 Å². The van der Waals surface area contributed by atoms with Crippen LogP contribution in [0.3, 0.4) is 0 Å². The Balaban J connectivity index is 1.44. The molecule has 2 aliphatic rings. The quantitative estimate of drug-likeness (QED) is 0.841. The SMILES string of the molecule is CCc1cnc(CNC2CCN(C3CC3)C2)o1. The summed E-state index contributed by atoms with van der Waals surface area (Å²) in [4.78, 5) is 6.89. The summed E-state index contributed by atoms with van der Waals surface area (Å²) in [6.45, 7) is 5.31. The van der Waals surface area contributed by atoms with E-state index < -0.39 is 0 Å². The van der Waals surface area contributed by atoms with Gasteiger partial charge in [0.05, 0.1) is 12.7 Å². The Morgan fingerprint density at radius 1 is 1.47 bits per heavy atom. The highest BCUT2D eigenvalue weighted by atomic mass is 16.4. The molecule has 4 heteroatoms. The highest BCUT2D eigenvalue weighted by Crippen LogP contribution is 2.29. The third-order valence-corrected chi connectivity index (χ3v) is 3.77. The molecule has 2 fully saturated rings. The van der Waals surface area contributed by atoms with Gasteiger partial charge >= 0.3 is 0 Å². The van der Waals surface area contributed by atoms with Crippen LogP contribution in [-0.2, 0) is 13.0 Å². The van der Waals surface area contributed by atoms with Crippen molar-refractivity contribution in [3.63, 3.8) is 0 Å². The molecule has 1 saturated heterocycles. The Morgan fingerprint density at radius 3 is 3.06 bits per heavy atom. The summed E-state index contributed by atoms with van der Waals surface area (Å²) in [5.41, 5.74) is 0. The molecule has 0 bridgehead atoms. The Kier molecular flexibility index (Phi) is 3.16. The van der Waals surface area contributed by atoms with Crippen molar-refractivity contribution in [1.29, 1.82) is 0 Å². The zero-order valence-electron chi connectivity index (χ0n) is 10.5. The van der Waals surface area contributed by atoms with E-state index in [4.69, 9.17) is 4.42 Å². The van der Waals surface area contributed by atoms with Crippen molar-refractivity contribution in [3.05, 3.63) is 17.8 Å². The second-order valence-electron chi connectivity index (χ2n) is 5.17. The monoisotopic (exact) mass is 235 g/mol. The summed E-state index contributed by atoms with van der Waals surface area (Å²) >= 11 is 0. The smallest absolute Gasteiger partial charge is 0.208 e. The Morgan fingerprint density at radius 2 is 2.35 bits per heavy atom. The third kappa shape index (κ3) is 2.69. The molecule has 1 atom stereocenters. The van der Waals surface area contributed by atoms with E-state index in [0.29, 0.717) is 6.04 Å². The van der Waals surface area contributed by atoms with Gasteiger partial charge in [0.2, 0.25) is 5.89 Å². The molecule has 4 nitrogen and oxygen atoms in total. The van der Waals surface area contributed by atoms with Gasteiger partial charge in [-0.15, -0.1) is 0 Å². The average molecular weight is 235 g/mol. The number of hydrogen-bond acceptors (Lipinski definition) is 4. The number of rotatable bonds is 5. The Hall–Kier alpha value is -0.870. The molecule has 0 aromatic carbocycles. The molecule has 3 rings (SSSR count). The van der Waals surface area contributed by atoms with Gasteiger partial charge in [0.15, 0.2) is 0 Å². The summed E-state index contributed by atoms with van der Waals surface area (Å²) in [5.74, 6) is 1.81. The van der Waals surface area contributed by atoms with Gasteiger partial charge in [-0.2, -0.15) is 0 Å². The zero-order chi connectivity index (χ0) is 11.7. The Labute approximate surface area is 102 Å². The molecule has 1 aliphatic heterocycles. The van der Waals surface area contributed by atoms with Crippen LogP contribution in [-0.4, -0.2) is 35.1 Å². The third-order valence-electron chi connectivity index (χ3n) is 3.77.